The Bertz CT molecular complexity index is 1150. The van der Waals surface area contributed by atoms with Crippen LogP contribution in [0.1, 0.15) is 0 Å². The molecule has 1 heterocycles. The number of anilines is 2. The van der Waals surface area contributed by atoms with E-state index < -0.39 is 9.84 Å². The van der Waals surface area contributed by atoms with Crippen LogP contribution in [0.2, 0.25) is 0 Å². The van der Waals surface area contributed by atoms with Crippen LogP contribution in [0.3, 0.4) is 0 Å². The van der Waals surface area contributed by atoms with E-state index in [2.05, 4.69) is 15.3 Å². The largest absolute Gasteiger partial charge is 0.340 e. The Hall–Kier alpha value is -3.25. The number of fused-ring (bicyclic) bond motifs is 1. The van der Waals surface area contributed by atoms with Crippen LogP contribution in [-0.2, 0) is 9.84 Å². The number of sulfone groups is 1. The fourth-order valence-corrected chi connectivity index (χ4v) is 3.98. The number of benzene rings is 3. The van der Waals surface area contributed by atoms with E-state index in [1.165, 1.54) is 6.33 Å². The van der Waals surface area contributed by atoms with Crippen molar-refractivity contribution in [1.29, 1.82) is 0 Å². The van der Waals surface area contributed by atoms with Crippen LogP contribution in [0.25, 0.3) is 10.9 Å². The maximum absolute atomic E-state index is 12.6. The van der Waals surface area contributed by atoms with Gasteiger partial charge in [0, 0.05) is 11.1 Å². The van der Waals surface area contributed by atoms with Crippen molar-refractivity contribution in [3.05, 3.63) is 85.2 Å². The minimum Gasteiger partial charge on any atom is -0.340 e. The summed E-state index contributed by atoms with van der Waals surface area (Å²) in [7, 11) is -3.52. The Morgan fingerprint density at radius 3 is 2.12 bits per heavy atom. The molecule has 0 atom stereocenters. The van der Waals surface area contributed by atoms with Gasteiger partial charge in [0.2, 0.25) is 9.84 Å². The summed E-state index contributed by atoms with van der Waals surface area (Å²) in [5, 5.41) is 4.12. The van der Waals surface area contributed by atoms with Gasteiger partial charge in [0.15, 0.2) is 0 Å². The third kappa shape index (κ3) is 3.02. The van der Waals surface area contributed by atoms with Gasteiger partial charge in [-0.3, -0.25) is 0 Å². The Labute approximate surface area is 151 Å². The zero-order chi connectivity index (χ0) is 18.0. The molecule has 0 unspecified atom stereocenters. The second-order valence-electron chi connectivity index (χ2n) is 5.71. The van der Waals surface area contributed by atoms with Crippen molar-refractivity contribution in [2.24, 2.45) is 0 Å². The Morgan fingerprint density at radius 2 is 1.35 bits per heavy atom. The molecule has 0 aliphatic carbocycles. The number of hydrogen-bond donors (Lipinski definition) is 1. The van der Waals surface area contributed by atoms with Crippen LogP contribution in [0.5, 0.6) is 0 Å². The Kier molecular flexibility index (Phi) is 4.10. The molecular weight excluding hydrogens is 346 g/mol. The molecule has 0 fully saturated rings. The smallest absolute Gasteiger partial charge is 0.206 e. The minimum atomic E-state index is -3.52. The van der Waals surface area contributed by atoms with Gasteiger partial charge in [-0.2, -0.15) is 0 Å². The van der Waals surface area contributed by atoms with Gasteiger partial charge in [0.05, 0.1) is 15.3 Å². The predicted octanol–water partition coefficient (Wildman–Crippen LogP) is 4.21. The quantitative estimate of drug-likeness (QED) is 0.590. The summed E-state index contributed by atoms with van der Waals surface area (Å²) in [5.74, 6) is 0.675. The molecule has 26 heavy (non-hydrogen) atoms. The summed E-state index contributed by atoms with van der Waals surface area (Å²) in [6, 6.07) is 22.7. The highest BCUT2D eigenvalue weighted by molar-refractivity contribution is 7.91. The molecule has 0 bridgehead atoms. The van der Waals surface area contributed by atoms with E-state index in [0.717, 1.165) is 16.6 Å². The van der Waals surface area contributed by atoms with Crippen molar-refractivity contribution in [1.82, 2.24) is 9.97 Å². The number of para-hydroxylation sites is 1. The molecular formula is C20H15N3O2S. The predicted molar refractivity (Wildman–Crippen MR) is 101 cm³/mol. The van der Waals surface area contributed by atoms with Gasteiger partial charge in [-0.15, -0.1) is 0 Å². The van der Waals surface area contributed by atoms with Crippen LogP contribution >= 0.6 is 0 Å². The maximum Gasteiger partial charge on any atom is 0.206 e. The monoisotopic (exact) mass is 361 g/mol. The van der Waals surface area contributed by atoms with Gasteiger partial charge >= 0.3 is 0 Å². The van der Waals surface area contributed by atoms with Gasteiger partial charge in [0.1, 0.15) is 12.1 Å². The zero-order valence-corrected chi connectivity index (χ0v) is 14.5. The third-order valence-electron chi connectivity index (χ3n) is 4.02. The van der Waals surface area contributed by atoms with Crippen molar-refractivity contribution in [2.75, 3.05) is 5.32 Å². The molecule has 0 spiro atoms. The van der Waals surface area contributed by atoms with Crippen molar-refractivity contribution in [3.8, 4) is 0 Å². The number of nitrogens with zero attached hydrogens (tertiary/aromatic N) is 2. The molecule has 4 aromatic rings. The first-order chi connectivity index (χ1) is 12.6. The lowest BCUT2D eigenvalue weighted by Gasteiger charge is -2.09. The lowest BCUT2D eigenvalue weighted by atomic mass is 10.2. The normalized spacial score (nSPS) is 11.4. The molecule has 3 aromatic carbocycles. The highest BCUT2D eigenvalue weighted by Gasteiger charge is 2.16. The first-order valence-electron chi connectivity index (χ1n) is 8.01. The number of aromatic nitrogens is 2. The van der Waals surface area contributed by atoms with Crippen molar-refractivity contribution >= 4 is 32.2 Å². The van der Waals surface area contributed by atoms with Crippen LogP contribution in [0.4, 0.5) is 11.5 Å². The average molecular weight is 361 g/mol. The van der Waals surface area contributed by atoms with Crippen LogP contribution in [-0.4, -0.2) is 18.4 Å². The molecule has 0 aliphatic rings. The molecule has 128 valence electrons. The van der Waals surface area contributed by atoms with E-state index in [-0.39, 0.29) is 9.79 Å². The maximum atomic E-state index is 12.6. The lowest BCUT2D eigenvalue weighted by molar-refractivity contribution is 0.596. The summed E-state index contributed by atoms with van der Waals surface area (Å²) in [6.07, 6.45) is 1.50. The summed E-state index contributed by atoms with van der Waals surface area (Å²) in [4.78, 5) is 9.05. The van der Waals surface area contributed by atoms with Crippen LogP contribution < -0.4 is 5.32 Å². The molecule has 1 aromatic heterocycles. The lowest BCUT2D eigenvalue weighted by Crippen LogP contribution is -2.02. The standard InChI is InChI=1S/C20H15N3O2S/c24-26(25,16-6-2-1-3-7-16)17-12-10-15(11-13-17)23-20-18-8-4-5-9-19(18)21-14-22-20/h1-14H,(H,21,22,23). The van der Waals surface area contributed by atoms with E-state index in [1.807, 2.05) is 24.3 Å². The first-order valence-corrected chi connectivity index (χ1v) is 9.50. The van der Waals surface area contributed by atoms with Gasteiger partial charge < -0.3 is 5.32 Å². The van der Waals surface area contributed by atoms with E-state index in [4.69, 9.17) is 0 Å². The molecule has 6 heteroatoms. The average Bonchev–Trinajstić information content (AvgIpc) is 2.69. The van der Waals surface area contributed by atoms with Gasteiger partial charge in [-0.1, -0.05) is 30.3 Å². The van der Waals surface area contributed by atoms with Gasteiger partial charge in [0.25, 0.3) is 0 Å². The van der Waals surface area contributed by atoms with E-state index in [0.29, 0.717) is 5.82 Å². The van der Waals surface area contributed by atoms with Crippen LogP contribution in [0, 0.1) is 0 Å². The summed E-state index contributed by atoms with van der Waals surface area (Å²) in [5.41, 5.74) is 1.59. The Morgan fingerprint density at radius 1 is 0.692 bits per heavy atom. The van der Waals surface area contributed by atoms with Crippen molar-refractivity contribution < 1.29 is 8.42 Å². The molecule has 0 saturated heterocycles. The number of nitrogens with one attached hydrogen (secondary N) is 1. The zero-order valence-electron chi connectivity index (χ0n) is 13.7. The molecule has 0 aliphatic heterocycles. The third-order valence-corrected chi connectivity index (χ3v) is 5.81. The van der Waals surface area contributed by atoms with Gasteiger partial charge in [-0.05, 0) is 48.5 Å². The summed E-state index contributed by atoms with van der Waals surface area (Å²) >= 11 is 0. The molecule has 0 saturated carbocycles. The highest BCUT2D eigenvalue weighted by atomic mass is 32.2. The second kappa shape index (κ2) is 6.57. The van der Waals surface area contributed by atoms with Crippen molar-refractivity contribution in [2.45, 2.75) is 9.79 Å². The van der Waals surface area contributed by atoms with E-state index >= 15 is 0 Å². The Balaban J connectivity index is 1.64. The first kappa shape index (κ1) is 16.2. The van der Waals surface area contributed by atoms with E-state index in [9.17, 15) is 8.42 Å². The van der Waals surface area contributed by atoms with Crippen molar-refractivity contribution in [3.63, 3.8) is 0 Å². The molecule has 0 radical (unpaired) electrons. The van der Waals surface area contributed by atoms with Crippen LogP contribution in [0.15, 0.2) is 95.0 Å². The van der Waals surface area contributed by atoms with Gasteiger partial charge in [-0.25, -0.2) is 18.4 Å². The minimum absolute atomic E-state index is 0.252. The highest BCUT2D eigenvalue weighted by Crippen LogP contribution is 2.25. The SMILES string of the molecule is O=S(=O)(c1ccccc1)c1ccc(Nc2ncnc3ccccc23)cc1. The molecule has 1 N–H and O–H groups in total. The number of rotatable bonds is 4. The second-order valence-corrected chi connectivity index (χ2v) is 7.65. The summed E-state index contributed by atoms with van der Waals surface area (Å²) in [6.45, 7) is 0. The summed E-state index contributed by atoms with van der Waals surface area (Å²) < 4.78 is 25.3. The fourth-order valence-electron chi connectivity index (χ4n) is 2.69. The molecule has 0 amide bonds. The van der Waals surface area contributed by atoms with E-state index in [1.54, 1.807) is 54.6 Å². The molecule has 5 nitrogen and oxygen atoms in total. The number of hydrogen-bond acceptors (Lipinski definition) is 5. The molecule has 4 rings (SSSR count). The fraction of sp³-hybridized carbons (Fsp3) is 0. The topological polar surface area (TPSA) is 72.0 Å².